The summed E-state index contributed by atoms with van der Waals surface area (Å²) in [5, 5.41) is 3.70. The molecule has 3 aromatic carbocycles. The fourth-order valence-corrected chi connectivity index (χ4v) is 11.0. The first-order valence-electron chi connectivity index (χ1n) is 36.2. The number of unbranched alkanes of at least 4 members (excludes halogenated alkanes) is 36. The maximum atomic E-state index is 13.0. The molecule has 512 valence electrons. The van der Waals surface area contributed by atoms with Gasteiger partial charge in [-0.25, -0.2) is 0 Å². The number of ether oxygens (including phenoxy) is 8. The van der Waals surface area contributed by atoms with Gasteiger partial charge in [0.25, 0.3) is 0 Å². The monoisotopic (exact) mass is 1270 g/mol. The zero-order valence-electron chi connectivity index (χ0n) is 57.3. The minimum atomic E-state index is -0.823. The summed E-state index contributed by atoms with van der Waals surface area (Å²) in [6.45, 7) is 10.5. The summed E-state index contributed by atoms with van der Waals surface area (Å²) in [6.07, 6.45) is 48.0. The molecule has 0 saturated carbocycles. The number of nitrogens with zero attached hydrogens (tertiary/aromatic N) is 3. The van der Waals surface area contributed by atoms with Crippen LogP contribution >= 0.6 is 0 Å². The molecule has 0 heterocycles. The van der Waals surface area contributed by atoms with Crippen molar-refractivity contribution in [3.63, 3.8) is 0 Å². The second-order valence-corrected chi connectivity index (χ2v) is 24.9. The molecular formula is C76H121N3O12. The van der Waals surface area contributed by atoms with E-state index in [0.717, 1.165) is 51.4 Å². The summed E-state index contributed by atoms with van der Waals surface area (Å²) >= 11 is 0. The Morgan fingerprint density at radius 2 is 0.505 bits per heavy atom. The molecular weight excluding hydrogens is 1150 g/mol. The number of azide groups is 1. The second kappa shape index (κ2) is 55.7. The highest BCUT2D eigenvalue weighted by Gasteiger charge is 2.17. The van der Waals surface area contributed by atoms with Crippen LogP contribution in [0.4, 0.5) is 5.69 Å². The first-order valence-corrected chi connectivity index (χ1v) is 36.2. The van der Waals surface area contributed by atoms with Crippen LogP contribution in [0.25, 0.3) is 10.4 Å². The number of carbonyl (C=O) groups is 4. The molecule has 0 unspecified atom stereocenters. The third kappa shape index (κ3) is 44.3. The minimum absolute atomic E-state index is 0.0944. The van der Waals surface area contributed by atoms with E-state index < -0.39 is 36.7 Å². The number of benzene rings is 3. The SMILES string of the molecule is CCCCCCCCCCCCOc1cc(COC(=O)CC(=O)OCc2cc(COC(=O)CC(=O)OCc3cc(OCCCCCCCCCCCC)cc(OCCCCCCCCCCCC)c3)cc(N=[N+]=[N-])c2)cc(OCCCCCCCCCCCC)c1. The van der Waals surface area contributed by atoms with Crippen LogP contribution in [0.15, 0.2) is 59.7 Å². The number of hydrogen-bond donors (Lipinski definition) is 0. The van der Waals surface area contributed by atoms with Gasteiger partial charge >= 0.3 is 23.9 Å². The fraction of sp³-hybridized carbons (Fsp3) is 0.711. The quantitative estimate of drug-likeness (QED) is 0.00990. The van der Waals surface area contributed by atoms with Crippen molar-refractivity contribution in [3.05, 3.63) is 87.3 Å². The van der Waals surface area contributed by atoms with Gasteiger partial charge in [-0.05, 0) is 95.9 Å². The van der Waals surface area contributed by atoms with Gasteiger partial charge in [0.15, 0.2) is 0 Å². The second-order valence-electron chi connectivity index (χ2n) is 24.9. The molecule has 15 nitrogen and oxygen atoms in total. The average Bonchev–Trinajstić information content (AvgIpc) is 1.76. The van der Waals surface area contributed by atoms with Gasteiger partial charge in [0.05, 0.1) is 26.4 Å². The van der Waals surface area contributed by atoms with Crippen molar-refractivity contribution in [1.82, 2.24) is 0 Å². The normalized spacial score (nSPS) is 11.0. The predicted molar refractivity (Wildman–Crippen MR) is 366 cm³/mol. The third-order valence-corrected chi connectivity index (χ3v) is 16.3. The van der Waals surface area contributed by atoms with Gasteiger partial charge in [0.2, 0.25) is 0 Å². The number of hydrogen-bond acceptors (Lipinski definition) is 13. The topological polar surface area (TPSA) is 191 Å². The van der Waals surface area contributed by atoms with Gasteiger partial charge in [0, 0.05) is 22.7 Å². The van der Waals surface area contributed by atoms with Gasteiger partial charge in [0.1, 0.15) is 62.3 Å². The van der Waals surface area contributed by atoms with Crippen molar-refractivity contribution in [3.8, 4) is 23.0 Å². The van der Waals surface area contributed by atoms with Crippen LogP contribution < -0.4 is 18.9 Å². The molecule has 0 saturated heterocycles. The van der Waals surface area contributed by atoms with E-state index >= 15 is 0 Å². The van der Waals surface area contributed by atoms with Gasteiger partial charge in [-0.3, -0.25) is 19.2 Å². The van der Waals surface area contributed by atoms with E-state index in [2.05, 4.69) is 37.7 Å². The lowest BCUT2D eigenvalue weighted by Crippen LogP contribution is -2.14. The molecule has 0 atom stereocenters. The lowest BCUT2D eigenvalue weighted by Gasteiger charge is -2.13. The van der Waals surface area contributed by atoms with Crippen LogP contribution in [0.1, 0.15) is 320 Å². The molecule has 0 spiro atoms. The number of esters is 4. The van der Waals surface area contributed by atoms with Crippen LogP contribution in [-0.4, -0.2) is 50.3 Å². The smallest absolute Gasteiger partial charge is 0.317 e. The van der Waals surface area contributed by atoms with Crippen molar-refractivity contribution >= 4 is 29.6 Å². The molecule has 15 heteroatoms. The van der Waals surface area contributed by atoms with Crippen molar-refractivity contribution < 1.29 is 57.1 Å². The van der Waals surface area contributed by atoms with E-state index in [1.165, 1.54) is 218 Å². The summed E-state index contributed by atoms with van der Waals surface area (Å²) < 4.78 is 46.8. The zero-order valence-corrected chi connectivity index (χ0v) is 57.3. The molecule has 0 N–H and O–H groups in total. The van der Waals surface area contributed by atoms with Crippen molar-refractivity contribution in [1.29, 1.82) is 0 Å². The van der Waals surface area contributed by atoms with Crippen LogP contribution in [0.3, 0.4) is 0 Å². The molecule has 0 amide bonds. The summed E-state index contributed by atoms with van der Waals surface area (Å²) in [6, 6.07) is 15.8. The minimum Gasteiger partial charge on any atom is -0.493 e. The van der Waals surface area contributed by atoms with E-state index in [9.17, 15) is 24.7 Å². The summed E-state index contributed by atoms with van der Waals surface area (Å²) in [7, 11) is 0. The molecule has 3 rings (SSSR count). The highest BCUT2D eigenvalue weighted by atomic mass is 16.6. The molecule has 0 aromatic heterocycles. The molecule has 0 fully saturated rings. The molecule has 0 bridgehead atoms. The molecule has 0 aliphatic rings. The first-order chi connectivity index (χ1) is 44.6. The van der Waals surface area contributed by atoms with Crippen LogP contribution in [0.2, 0.25) is 0 Å². The molecule has 0 aliphatic heterocycles. The molecule has 0 aliphatic carbocycles. The lowest BCUT2D eigenvalue weighted by atomic mass is 10.1. The van der Waals surface area contributed by atoms with E-state index in [1.807, 2.05) is 36.4 Å². The highest BCUT2D eigenvalue weighted by Crippen LogP contribution is 2.28. The van der Waals surface area contributed by atoms with Gasteiger partial charge in [-0.15, -0.1) is 0 Å². The Bertz CT molecular complexity index is 2170. The Morgan fingerprint density at radius 1 is 0.297 bits per heavy atom. The van der Waals surface area contributed by atoms with Crippen LogP contribution in [0.5, 0.6) is 23.0 Å². The molecule has 91 heavy (non-hydrogen) atoms. The van der Waals surface area contributed by atoms with Crippen LogP contribution in [-0.2, 0) is 64.6 Å². The molecule has 0 radical (unpaired) electrons. The Kier molecular flexibility index (Phi) is 48.5. The number of rotatable bonds is 61. The third-order valence-electron chi connectivity index (χ3n) is 16.3. The van der Waals surface area contributed by atoms with E-state index in [1.54, 1.807) is 6.07 Å². The first kappa shape index (κ1) is 79.3. The van der Waals surface area contributed by atoms with Crippen molar-refractivity contribution in [2.45, 2.75) is 324 Å². The van der Waals surface area contributed by atoms with Gasteiger partial charge < -0.3 is 37.9 Å². The van der Waals surface area contributed by atoms with E-state index in [4.69, 9.17) is 37.9 Å². The Hall–Kier alpha value is -5.95. The average molecular weight is 1270 g/mol. The largest absolute Gasteiger partial charge is 0.493 e. The van der Waals surface area contributed by atoms with E-state index in [-0.39, 0.29) is 32.1 Å². The van der Waals surface area contributed by atoms with Crippen molar-refractivity contribution in [2.75, 3.05) is 26.4 Å². The summed E-state index contributed by atoms with van der Waals surface area (Å²) in [5.41, 5.74) is 11.6. The van der Waals surface area contributed by atoms with E-state index in [0.29, 0.717) is 71.7 Å². The summed E-state index contributed by atoms with van der Waals surface area (Å²) in [5.74, 6) is -0.614. The Balaban J connectivity index is 1.49. The zero-order chi connectivity index (χ0) is 65.3. The molecule has 3 aromatic rings. The lowest BCUT2D eigenvalue weighted by molar-refractivity contribution is -0.157. The number of carbonyl (C=O) groups excluding carboxylic acids is 4. The van der Waals surface area contributed by atoms with Gasteiger partial charge in [-0.2, -0.15) is 0 Å². The van der Waals surface area contributed by atoms with Crippen LogP contribution in [0, 0.1) is 0 Å². The Morgan fingerprint density at radius 3 is 0.725 bits per heavy atom. The summed E-state index contributed by atoms with van der Waals surface area (Å²) in [4.78, 5) is 54.8. The highest BCUT2D eigenvalue weighted by molar-refractivity contribution is 5.91. The fourth-order valence-electron chi connectivity index (χ4n) is 11.0. The van der Waals surface area contributed by atoms with Gasteiger partial charge in [-0.1, -0.05) is 264 Å². The maximum Gasteiger partial charge on any atom is 0.317 e. The van der Waals surface area contributed by atoms with Crippen molar-refractivity contribution in [2.24, 2.45) is 5.11 Å². The maximum absolute atomic E-state index is 13.0. The predicted octanol–water partition coefficient (Wildman–Crippen LogP) is 22.2. The standard InChI is InChI=1S/C76H121N3O12/c1-5-9-13-17-21-25-29-33-37-41-45-84-69-52-66(53-70(56-69)85-46-42-38-34-30-26-22-18-14-10-6-2)62-90-75(82)58-73(80)88-60-64-49-65(51-68(50-64)78-79-77)61-89-74(81)59-76(83)91-63-67-54-71(86-47-43-39-35-31-27-23-19-15-11-7-3)57-72(55-67)87-48-44-40-36-32-28-24-20-16-12-8-4/h49-57H,5-48,58-63H2,1-4H3. The Labute approximate surface area is 549 Å².